The number of hydrogen-bond acceptors (Lipinski definition) is 3. The van der Waals surface area contributed by atoms with E-state index in [0.717, 1.165) is 12.0 Å². The molecule has 0 aliphatic rings. The van der Waals surface area contributed by atoms with E-state index in [-0.39, 0.29) is 11.9 Å². The van der Waals surface area contributed by atoms with Gasteiger partial charge in [-0.15, -0.1) is 0 Å². The second-order valence-electron chi connectivity index (χ2n) is 4.17. The van der Waals surface area contributed by atoms with Crippen LogP contribution in [0.25, 0.3) is 0 Å². The van der Waals surface area contributed by atoms with Gasteiger partial charge in [0.2, 0.25) is 0 Å². The molecule has 1 atom stereocenters. The number of nitrogens with zero attached hydrogens (tertiary/aromatic N) is 1. The molecular formula is C14H16N2O2. The Kier molecular flexibility index (Phi) is 3.77. The van der Waals surface area contributed by atoms with Crippen LogP contribution < -0.4 is 5.32 Å². The van der Waals surface area contributed by atoms with E-state index in [2.05, 4.69) is 10.5 Å². The molecule has 2 rings (SSSR count). The molecule has 18 heavy (non-hydrogen) atoms. The molecule has 2 aromatic rings. The maximum Gasteiger partial charge on any atom is 0.273 e. The van der Waals surface area contributed by atoms with Crippen LogP contribution in [0.1, 0.15) is 41.2 Å². The smallest absolute Gasteiger partial charge is 0.273 e. The zero-order chi connectivity index (χ0) is 13.0. The Morgan fingerprint density at radius 3 is 2.67 bits per heavy atom. The van der Waals surface area contributed by atoms with E-state index in [1.807, 2.05) is 37.3 Å². The zero-order valence-corrected chi connectivity index (χ0v) is 10.5. The van der Waals surface area contributed by atoms with Gasteiger partial charge >= 0.3 is 0 Å². The Balaban J connectivity index is 2.10. The number of amides is 1. The van der Waals surface area contributed by atoms with Crippen molar-refractivity contribution < 1.29 is 9.32 Å². The fourth-order valence-corrected chi connectivity index (χ4v) is 1.81. The van der Waals surface area contributed by atoms with Gasteiger partial charge in [0, 0.05) is 6.07 Å². The summed E-state index contributed by atoms with van der Waals surface area (Å²) in [7, 11) is 0. The second-order valence-corrected chi connectivity index (χ2v) is 4.17. The highest BCUT2D eigenvalue weighted by atomic mass is 16.5. The van der Waals surface area contributed by atoms with Crippen LogP contribution in [0, 0.1) is 6.92 Å². The van der Waals surface area contributed by atoms with E-state index in [1.165, 1.54) is 0 Å². The molecule has 0 fully saturated rings. The van der Waals surface area contributed by atoms with E-state index in [9.17, 15) is 4.79 Å². The summed E-state index contributed by atoms with van der Waals surface area (Å²) in [5.41, 5.74) is 1.41. The van der Waals surface area contributed by atoms with Crippen molar-refractivity contribution in [1.29, 1.82) is 0 Å². The van der Waals surface area contributed by atoms with Crippen molar-refractivity contribution in [2.75, 3.05) is 0 Å². The van der Waals surface area contributed by atoms with Gasteiger partial charge in [0.25, 0.3) is 5.91 Å². The summed E-state index contributed by atoms with van der Waals surface area (Å²) in [4.78, 5) is 12.0. The minimum Gasteiger partial charge on any atom is -0.361 e. The first-order valence-corrected chi connectivity index (χ1v) is 6.00. The third kappa shape index (κ3) is 2.77. The van der Waals surface area contributed by atoms with Crippen LogP contribution in [0.2, 0.25) is 0 Å². The lowest BCUT2D eigenvalue weighted by Crippen LogP contribution is -2.28. The highest BCUT2D eigenvalue weighted by Crippen LogP contribution is 2.16. The average molecular weight is 244 g/mol. The molecule has 0 unspecified atom stereocenters. The summed E-state index contributed by atoms with van der Waals surface area (Å²) in [5, 5.41) is 6.66. The van der Waals surface area contributed by atoms with Crippen molar-refractivity contribution >= 4 is 5.91 Å². The predicted octanol–water partition coefficient (Wildman–Crippen LogP) is 2.86. The minimum atomic E-state index is -0.206. The van der Waals surface area contributed by atoms with Crippen LogP contribution in [-0.4, -0.2) is 11.1 Å². The first-order valence-electron chi connectivity index (χ1n) is 6.00. The van der Waals surface area contributed by atoms with Crippen LogP contribution in [0.4, 0.5) is 0 Å². The van der Waals surface area contributed by atoms with Crippen molar-refractivity contribution in [3.8, 4) is 0 Å². The van der Waals surface area contributed by atoms with Crippen molar-refractivity contribution in [3.05, 3.63) is 53.4 Å². The molecule has 0 aliphatic heterocycles. The summed E-state index contributed by atoms with van der Waals surface area (Å²) in [5.74, 6) is 0.426. The summed E-state index contributed by atoms with van der Waals surface area (Å²) in [6.07, 6.45) is 0.826. The predicted molar refractivity (Wildman–Crippen MR) is 68.2 cm³/mol. The Hall–Kier alpha value is -2.10. The number of carbonyl (C=O) groups excluding carboxylic acids is 1. The molecule has 0 saturated heterocycles. The zero-order valence-electron chi connectivity index (χ0n) is 10.5. The van der Waals surface area contributed by atoms with Gasteiger partial charge in [-0.2, -0.15) is 0 Å². The molecule has 1 amide bonds. The molecule has 4 heteroatoms. The number of hydrogen-bond donors (Lipinski definition) is 1. The van der Waals surface area contributed by atoms with Crippen molar-refractivity contribution in [3.63, 3.8) is 0 Å². The molecule has 1 heterocycles. The average Bonchev–Trinajstić information content (AvgIpc) is 2.83. The van der Waals surface area contributed by atoms with Gasteiger partial charge in [-0.05, 0) is 18.9 Å². The van der Waals surface area contributed by atoms with Crippen molar-refractivity contribution in [1.82, 2.24) is 10.5 Å². The third-order valence-corrected chi connectivity index (χ3v) is 2.78. The highest BCUT2D eigenvalue weighted by Gasteiger charge is 2.16. The van der Waals surface area contributed by atoms with Gasteiger partial charge in [-0.3, -0.25) is 4.79 Å². The van der Waals surface area contributed by atoms with Gasteiger partial charge < -0.3 is 9.84 Å². The maximum absolute atomic E-state index is 12.0. The van der Waals surface area contributed by atoms with Crippen molar-refractivity contribution in [2.24, 2.45) is 0 Å². The third-order valence-electron chi connectivity index (χ3n) is 2.78. The monoisotopic (exact) mass is 244 g/mol. The topological polar surface area (TPSA) is 55.1 Å². The molecular weight excluding hydrogens is 228 g/mol. The number of benzene rings is 1. The molecule has 94 valence electrons. The SMILES string of the molecule is CC[C@@H](NC(=O)c1cc(C)on1)c1ccccc1. The molecule has 0 aliphatic carbocycles. The van der Waals surface area contributed by atoms with Gasteiger partial charge in [0.1, 0.15) is 5.76 Å². The summed E-state index contributed by atoms with van der Waals surface area (Å²) >= 11 is 0. The lowest BCUT2D eigenvalue weighted by molar-refractivity contribution is 0.0926. The first kappa shape index (κ1) is 12.4. The Labute approximate surface area is 106 Å². The van der Waals surface area contributed by atoms with Crippen LogP contribution in [-0.2, 0) is 0 Å². The molecule has 0 saturated carbocycles. The normalized spacial score (nSPS) is 12.1. The van der Waals surface area contributed by atoms with Gasteiger partial charge in [-0.25, -0.2) is 0 Å². The number of aryl methyl sites for hydroxylation is 1. The highest BCUT2D eigenvalue weighted by molar-refractivity contribution is 5.92. The van der Waals surface area contributed by atoms with E-state index < -0.39 is 0 Å². The van der Waals surface area contributed by atoms with Crippen LogP contribution >= 0.6 is 0 Å². The molecule has 0 bridgehead atoms. The van der Waals surface area contributed by atoms with Crippen LogP contribution in [0.15, 0.2) is 40.9 Å². The number of carbonyl (C=O) groups is 1. The second kappa shape index (κ2) is 5.49. The minimum absolute atomic E-state index is 0.00398. The maximum atomic E-state index is 12.0. The van der Waals surface area contributed by atoms with Crippen LogP contribution in [0.3, 0.4) is 0 Å². The molecule has 1 aromatic carbocycles. The Morgan fingerprint density at radius 2 is 2.11 bits per heavy atom. The molecule has 0 spiro atoms. The quantitative estimate of drug-likeness (QED) is 0.899. The number of rotatable bonds is 4. The lowest BCUT2D eigenvalue weighted by atomic mass is 10.0. The van der Waals surface area contributed by atoms with Gasteiger partial charge in [-0.1, -0.05) is 42.4 Å². The van der Waals surface area contributed by atoms with E-state index in [1.54, 1.807) is 13.0 Å². The summed E-state index contributed by atoms with van der Waals surface area (Å²) < 4.78 is 4.90. The van der Waals surface area contributed by atoms with Gasteiger partial charge in [0.15, 0.2) is 5.69 Å². The Morgan fingerprint density at radius 1 is 1.39 bits per heavy atom. The fraction of sp³-hybridized carbons (Fsp3) is 0.286. The van der Waals surface area contributed by atoms with E-state index in [0.29, 0.717) is 11.5 Å². The molecule has 4 nitrogen and oxygen atoms in total. The number of aromatic nitrogens is 1. The largest absolute Gasteiger partial charge is 0.361 e. The van der Waals surface area contributed by atoms with Gasteiger partial charge in [0.05, 0.1) is 6.04 Å². The summed E-state index contributed by atoms with van der Waals surface area (Å²) in [6.45, 7) is 3.80. The molecule has 0 radical (unpaired) electrons. The van der Waals surface area contributed by atoms with Crippen LogP contribution in [0.5, 0.6) is 0 Å². The molecule has 1 N–H and O–H groups in total. The fourth-order valence-electron chi connectivity index (χ4n) is 1.81. The summed E-state index contributed by atoms with van der Waals surface area (Å²) in [6, 6.07) is 11.5. The molecule has 1 aromatic heterocycles. The van der Waals surface area contributed by atoms with E-state index in [4.69, 9.17) is 4.52 Å². The van der Waals surface area contributed by atoms with Crippen molar-refractivity contribution in [2.45, 2.75) is 26.3 Å². The number of nitrogens with one attached hydrogen (secondary N) is 1. The lowest BCUT2D eigenvalue weighted by Gasteiger charge is -2.16. The van der Waals surface area contributed by atoms with E-state index >= 15 is 0 Å². The Bertz CT molecular complexity index is 520. The first-order chi connectivity index (χ1) is 8.70. The standard InChI is InChI=1S/C14H16N2O2/c1-3-12(11-7-5-4-6-8-11)15-14(17)13-9-10(2)18-16-13/h4-9,12H,3H2,1-2H3,(H,15,17)/t12-/m1/s1.